The molecule has 0 radical (unpaired) electrons. The van der Waals surface area contributed by atoms with Gasteiger partial charge in [-0.05, 0) is 13.8 Å². The van der Waals surface area contributed by atoms with Gasteiger partial charge in [-0.1, -0.05) is 20.8 Å². The molecule has 0 spiro atoms. The van der Waals surface area contributed by atoms with E-state index >= 15 is 0 Å². The smallest absolute Gasteiger partial charge is 0.213 e. The van der Waals surface area contributed by atoms with E-state index in [4.69, 9.17) is 10.3 Å². The molecule has 0 aliphatic rings. The molecule has 0 saturated heterocycles. The summed E-state index contributed by atoms with van der Waals surface area (Å²) in [6.45, 7) is 10.4. The van der Waals surface area contributed by atoms with Crippen LogP contribution in [-0.2, 0) is 12.0 Å². The minimum atomic E-state index is -0.171. The van der Waals surface area contributed by atoms with Gasteiger partial charge in [-0.2, -0.15) is 0 Å². The highest BCUT2D eigenvalue weighted by molar-refractivity contribution is 5.57. The van der Waals surface area contributed by atoms with E-state index in [1.165, 1.54) is 0 Å². The van der Waals surface area contributed by atoms with Crippen LogP contribution >= 0.6 is 0 Å². The zero-order chi connectivity index (χ0) is 15.6. The molecule has 0 aromatic carbocycles. The number of hydrogen-bond donors (Lipinski definition) is 3. The number of aromatic nitrogens is 3. The average Bonchev–Trinajstić information content (AvgIpc) is 2.82. The summed E-state index contributed by atoms with van der Waals surface area (Å²) in [5.41, 5.74) is 3.30. The van der Waals surface area contributed by atoms with Crippen molar-refractivity contribution in [2.75, 3.05) is 10.7 Å². The van der Waals surface area contributed by atoms with Gasteiger partial charge in [-0.25, -0.2) is 20.8 Å². The van der Waals surface area contributed by atoms with E-state index in [0.717, 1.165) is 17.1 Å². The summed E-state index contributed by atoms with van der Waals surface area (Å²) in [5, 5.41) is 3.23. The third-order valence-electron chi connectivity index (χ3n) is 3.03. The number of hydrazine groups is 1. The van der Waals surface area contributed by atoms with Crippen LogP contribution in [0.15, 0.2) is 10.6 Å². The molecule has 0 unspecified atom stereocenters. The van der Waals surface area contributed by atoms with E-state index in [1.54, 1.807) is 6.20 Å². The van der Waals surface area contributed by atoms with Gasteiger partial charge in [-0.15, -0.1) is 0 Å². The zero-order valence-electron chi connectivity index (χ0n) is 13.1. The molecule has 0 atom stereocenters. The lowest BCUT2D eigenvalue weighted by atomic mass is 9.95. The number of nitrogens with one attached hydrogen (secondary N) is 2. The quantitative estimate of drug-likeness (QED) is 0.586. The predicted octanol–water partition coefficient (Wildman–Crippen LogP) is 2.28. The van der Waals surface area contributed by atoms with Gasteiger partial charge >= 0.3 is 0 Å². The van der Waals surface area contributed by atoms with E-state index in [-0.39, 0.29) is 5.41 Å². The van der Waals surface area contributed by atoms with Crippen molar-refractivity contribution in [3.05, 3.63) is 29.2 Å². The Hall–Kier alpha value is -2.15. The van der Waals surface area contributed by atoms with Crippen LogP contribution in [0.3, 0.4) is 0 Å². The topological polar surface area (TPSA) is 102 Å². The number of nitrogen functional groups attached to an aromatic ring is 1. The van der Waals surface area contributed by atoms with Crippen molar-refractivity contribution >= 4 is 11.6 Å². The molecule has 0 aliphatic heterocycles. The molecule has 0 saturated carbocycles. The van der Waals surface area contributed by atoms with Crippen LogP contribution < -0.4 is 16.6 Å². The first-order chi connectivity index (χ1) is 9.81. The van der Waals surface area contributed by atoms with Crippen LogP contribution in [0.5, 0.6) is 0 Å². The second kappa shape index (κ2) is 5.69. The molecule has 2 aromatic heterocycles. The molecular formula is C14H22N6O. The minimum absolute atomic E-state index is 0.171. The molecule has 114 valence electrons. The van der Waals surface area contributed by atoms with Gasteiger partial charge in [0.1, 0.15) is 23.2 Å². The van der Waals surface area contributed by atoms with Crippen molar-refractivity contribution in [3.8, 4) is 0 Å². The highest BCUT2D eigenvalue weighted by atomic mass is 16.4. The Labute approximate surface area is 124 Å². The van der Waals surface area contributed by atoms with Crippen molar-refractivity contribution in [2.45, 2.75) is 46.6 Å². The van der Waals surface area contributed by atoms with E-state index in [1.807, 2.05) is 13.8 Å². The molecule has 4 N–H and O–H groups in total. The molecule has 0 fully saturated rings. The van der Waals surface area contributed by atoms with E-state index in [0.29, 0.717) is 24.1 Å². The Morgan fingerprint density at radius 3 is 2.38 bits per heavy atom. The SMILES string of the molecule is Cc1cnc(CNc2nc(C(C)(C)C)nc(NN)c2C)o1. The van der Waals surface area contributed by atoms with Gasteiger partial charge < -0.3 is 15.2 Å². The molecule has 7 heteroatoms. The fourth-order valence-electron chi connectivity index (χ4n) is 1.81. The third kappa shape index (κ3) is 3.49. The Bertz CT molecular complexity index is 629. The second-order valence-electron chi connectivity index (χ2n) is 5.98. The van der Waals surface area contributed by atoms with Crippen molar-refractivity contribution in [2.24, 2.45) is 5.84 Å². The molecule has 21 heavy (non-hydrogen) atoms. The van der Waals surface area contributed by atoms with Crippen LogP contribution in [0.1, 0.15) is 43.8 Å². The largest absolute Gasteiger partial charge is 0.444 e. The lowest BCUT2D eigenvalue weighted by molar-refractivity contribution is 0.478. The van der Waals surface area contributed by atoms with E-state index in [9.17, 15) is 0 Å². The molecule has 2 heterocycles. The summed E-state index contributed by atoms with van der Waals surface area (Å²) < 4.78 is 5.44. The number of oxazole rings is 1. The summed E-state index contributed by atoms with van der Waals surface area (Å²) in [5.74, 6) is 8.99. The Morgan fingerprint density at radius 1 is 1.19 bits per heavy atom. The highest BCUT2D eigenvalue weighted by Crippen LogP contribution is 2.26. The Balaban J connectivity index is 2.28. The maximum absolute atomic E-state index is 5.54. The summed E-state index contributed by atoms with van der Waals surface area (Å²) in [6, 6.07) is 0. The lowest BCUT2D eigenvalue weighted by Crippen LogP contribution is -2.21. The first-order valence-corrected chi connectivity index (χ1v) is 6.82. The van der Waals surface area contributed by atoms with Gasteiger partial charge in [0.15, 0.2) is 0 Å². The van der Waals surface area contributed by atoms with Crippen molar-refractivity contribution in [1.29, 1.82) is 0 Å². The fraction of sp³-hybridized carbons (Fsp3) is 0.500. The monoisotopic (exact) mass is 290 g/mol. The minimum Gasteiger partial charge on any atom is -0.444 e. The van der Waals surface area contributed by atoms with Crippen LogP contribution in [0.25, 0.3) is 0 Å². The molecule has 7 nitrogen and oxygen atoms in total. The molecular weight excluding hydrogens is 268 g/mol. The van der Waals surface area contributed by atoms with Gasteiger partial charge in [0.05, 0.1) is 12.7 Å². The number of anilines is 2. The molecule has 0 amide bonds. The van der Waals surface area contributed by atoms with Gasteiger partial charge in [0.25, 0.3) is 0 Å². The molecule has 2 rings (SSSR count). The normalized spacial score (nSPS) is 11.5. The molecule has 0 bridgehead atoms. The second-order valence-corrected chi connectivity index (χ2v) is 5.98. The van der Waals surface area contributed by atoms with Crippen molar-refractivity contribution in [3.63, 3.8) is 0 Å². The third-order valence-corrected chi connectivity index (χ3v) is 3.03. The Kier molecular flexibility index (Phi) is 4.13. The average molecular weight is 290 g/mol. The zero-order valence-corrected chi connectivity index (χ0v) is 13.1. The first-order valence-electron chi connectivity index (χ1n) is 6.82. The van der Waals surface area contributed by atoms with Crippen molar-refractivity contribution in [1.82, 2.24) is 15.0 Å². The fourth-order valence-corrected chi connectivity index (χ4v) is 1.81. The molecule has 2 aromatic rings. The van der Waals surface area contributed by atoms with E-state index in [2.05, 4.69) is 46.5 Å². The number of hydrogen-bond acceptors (Lipinski definition) is 7. The number of nitrogens with zero attached hydrogens (tertiary/aromatic N) is 3. The van der Waals surface area contributed by atoms with Crippen LogP contribution in [0.4, 0.5) is 11.6 Å². The van der Waals surface area contributed by atoms with Gasteiger partial charge in [0, 0.05) is 11.0 Å². The maximum atomic E-state index is 5.54. The predicted molar refractivity (Wildman–Crippen MR) is 81.8 cm³/mol. The summed E-state index contributed by atoms with van der Waals surface area (Å²) in [7, 11) is 0. The maximum Gasteiger partial charge on any atom is 0.213 e. The Morgan fingerprint density at radius 2 is 1.86 bits per heavy atom. The number of rotatable bonds is 4. The van der Waals surface area contributed by atoms with E-state index < -0.39 is 0 Å². The van der Waals surface area contributed by atoms with Crippen molar-refractivity contribution < 1.29 is 4.42 Å². The summed E-state index contributed by atoms with van der Waals surface area (Å²) in [6.07, 6.45) is 1.69. The lowest BCUT2D eigenvalue weighted by Gasteiger charge is -2.20. The highest BCUT2D eigenvalue weighted by Gasteiger charge is 2.21. The van der Waals surface area contributed by atoms with Crippen LogP contribution in [-0.4, -0.2) is 15.0 Å². The number of nitrogens with two attached hydrogens (primary N) is 1. The van der Waals surface area contributed by atoms with Gasteiger partial charge in [0.2, 0.25) is 5.89 Å². The summed E-state index contributed by atoms with van der Waals surface area (Å²) in [4.78, 5) is 13.2. The van der Waals surface area contributed by atoms with Gasteiger partial charge in [-0.3, -0.25) is 0 Å². The van der Waals surface area contributed by atoms with Crippen LogP contribution in [0.2, 0.25) is 0 Å². The standard InChI is InChI=1S/C14H22N6O/c1-8-6-16-10(21-8)7-17-11-9(2)12(20-15)19-13(18-11)14(3,4)5/h6H,7,15H2,1-5H3,(H2,17,18,19,20). The molecule has 0 aliphatic carbocycles. The summed E-state index contributed by atoms with van der Waals surface area (Å²) >= 11 is 0. The first kappa shape index (κ1) is 15.2. The number of aryl methyl sites for hydroxylation is 1. The van der Waals surface area contributed by atoms with Crippen LogP contribution in [0, 0.1) is 13.8 Å².